The van der Waals surface area contributed by atoms with Crippen molar-refractivity contribution in [3.05, 3.63) is 65.2 Å². The molecule has 0 radical (unpaired) electrons. The standard InChI is InChI=1S/C19H22O3/c1-13(2)16-8-6-15(7-9-16)12-18(19(20)21)22-17-10-4-14(3)5-11-17/h4-11,13,18H,12H2,1-3H3,(H,20,21)/t18-/m1/s1. The lowest BCUT2D eigenvalue weighted by Gasteiger charge is -2.16. The van der Waals surface area contributed by atoms with Crippen molar-refractivity contribution in [3.8, 4) is 5.75 Å². The first-order valence-electron chi connectivity index (χ1n) is 7.50. The second-order valence-corrected chi connectivity index (χ2v) is 5.86. The molecule has 0 fully saturated rings. The fourth-order valence-electron chi connectivity index (χ4n) is 2.21. The molecular formula is C19H22O3. The molecule has 116 valence electrons. The van der Waals surface area contributed by atoms with Gasteiger partial charge >= 0.3 is 5.97 Å². The molecular weight excluding hydrogens is 276 g/mol. The predicted octanol–water partition coefficient (Wildman–Crippen LogP) is 4.19. The highest BCUT2D eigenvalue weighted by Gasteiger charge is 2.20. The van der Waals surface area contributed by atoms with Crippen LogP contribution in [0.1, 0.15) is 36.5 Å². The number of ether oxygens (including phenoxy) is 1. The fourth-order valence-corrected chi connectivity index (χ4v) is 2.21. The van der Waals surface area contributed by atoms with Gasteiger partial charge in [-0.3, -0.25) is 0 Å². The molecule has 0 aliphatic carbocycles. The molecule has 0 heterocycles. The van der Waals surface area contributed by atoms with Gasteiger partial charge in [-0.05, 0) is 36.1 Å². The van der Waals surface area contributed by atoms with Crippen LogP contribution in [-0.4, -0.2) is 17.2 Å². The Bertz CT molecular complexity index is 612. The number of hydrogen-bond acceptors (Lipinski definition) is 2. The van der Waals surface area contributed by atoms with Crippen LogP contribution in [0.15, 0.2) is 48.5 Å². The van der Waals surface area contributed by atoms with E-state index in [1.54, 1.807) is 12.1 Å². The van der Waals surface area contributed by atoms with Crippen molar-refractivity contribution in [3.63, 3.8) is 0 Å². The monoisotopic (exact) mass is 298 g/mol. The van der Waals surface area contributed by atoms with Crippen LogP contribution in [0.3, 0.4) is 0 Å². The van der Waals surface area contributed by atoms with E-state index in [4.69, 9.17) is 4.74 Å². The van der Waals surface area contributed by atoms with Crippen molar-refractivity contribution in [1.29, 1.82) is 0 Å². The van der Waals surface area contributed by atoms with Crippen molar-refractivity contribution in [2.75, 3.05) is 0 Å². The summed E-state index contributed by atoms with van der Waals surface area (Å²) in [5.41, 5.74) is 3.32. The van der Waals surface area contributed by atoms with Crippen LogP contribution in [0.4, 0.5) is 0 Å². The molecule has 2 aromatic rings. The fraction of sp³-hybridized carbons (Fsp3) is 0.316. The molecule has 0 unspecified atom stereocenters. The van der Waals surface area contributed by atoms with E-state index in [1.807, 2.05) is 43.3 Å². The molecule has 0 saturated carbocycles. The Morgan fingerprint density at radius 3 is 2.14 bits per heavy atom. The third-order valence-electron chi connectivity index (χ3n) is 3.64. The van der Waals surface area contributed by atoms with E-state index in [2.05, 4.69) is 13.8 Å². The third kappa shape index (κ3) is 4.35. The van der Waals surface area contributed by atoms with Gasteiger partial charge in [0.25, 0.3) is 0 Å². The minimum Gasteiger partial charge on any atom is -0.478 e. The quantitative estimate of drug-likeness (QED) is 0.869. The number of benzene rings is 2. The zero-order valence-electron chi connectivity index (χ0n) is 13.2. The zero-order chi connectivity index (χ0) is 16.1. The van der Waals surface area contributed by atoms with Gasteiger partial charge in [-0.15, -0.1) is 0 Å². The van der Waals surface area contributed by atoms with Gasteiger partial charge in [0, 0.05) is 6.42 Å². The summed E-state index contributed by atoms with van der Waals surface area (Å²) in [7, 11) is 0. The Balaban J connectivity index is 2.08. The maximum absolute atomic E-state index is 11.4. The van der Waals surface area contributed by atoms with E-state index >= 15 is 0 Å². The molecule has 0 amide bonds. The molecule has 0 aromatic heterocycles. The van der Waals surface area contributed by atoms with E-state index < -0.39 is 12.1 Å². The molecule has 0 aliphatic heterocycles. The van der Waals surface area contributed by atoms with Gasteiger partial charge in [-0.2, -0.15) is 0 Å². The summed E-state index contributed by atoms with van der Waals surface area (Å²) in [5.74, 6) is 0.0958. The van der Waals surface area contributed by atoms with Gasteiger partial charge < -0.3 is 9.84 Å². The number of carboxylic acid groups (broad SMARTS) is 1. The van der Waals surface area contributed by atoms with Crippen molar-refractivity contribution in [2.45, 2.75) is 39.2 Å². The Morgan fingerprint density at radius 1 is 1.05 bits per heavy atom. The van der Waals surface area contributed by atoms with Crippen molar-refractivity contribution >= 4 is 5.97 Å². The van der Waals surface area contributed by atoms with E-state index in [-0.39, 0.29) is 0 Å². The molecule has 22 heavy (non-hydrogen) atoms. The molecule has 1 atom stereocenters. The molecule has 0 spiro atoms. The number of carboxylic acids is 1. The highest BCUT2D eigenvalue weighted by Crippen LogP contribution is 2.18. The lowest BCUT2D eigenvalue weighted by Crippen LogP contribution is -2.29. The minimum atomic E-state index is -0.950. The first-order valence-corrected chi connectivity index (χ1v) is 7.50. The highest BCUT2D eigenvalue weighted by molar-refractivity contribution is 5.73. The Morgan fingerprint density at radius 2 is 1.64 bits per heavy atom. The first kappa shape index (κ1) is 16.1. The lowest BCUT2D eigenvalue weighted by atomic mass is 10.00. The SMILES string of the molecule is Cc1ccc(O[C@H](Cc2ccc(C(C)C)cc2)C(=O)O)cc1. The summed E-state index contributed by atoms with van der Waals surface area (Å²) in [6, 6.07) is 15.5. The Kier molecular flexibility index (Phi) is 5.21. The van der Waals surface area contributed by atoms with Crippen LogP contribution in [0.2, 0.25) is 0 Å². The molecule has 3 nitrogen and oxygen atoms in total. The van der Waals surface area contributed by atoms with Crippen LogP contribution in [0, 0.1) is 6.92 Å². The summed E-state index contributed by atoms with van der Waals surface area (Å²) in [4.78, 5) is 11.4. The zero-order valence-corrected chi connectivity index (χ0v) is 13.2. The normalized spacial score (nSPS) is 12.2. The summed E-state index contributed by atoms with van der Waals surface area (Å²) in [6.45, 7) is 6.25. The van der Waals surface area contributed by atoms with Crippen LogP contribution in [0.25, 0.3) is 0 Å². The van der Waals surface area contributed by atoms with Crippen molar-refractivity contribution in [2.24, 2.45) is 0 Å². The van der Waals surface area contributed by atoms with E-state index in [1.165, 1.54) is 5.56 Å². The molecule has 0 aliphatic rings. The smallest absolute Gasteiger partial charge is 0.345 e. The summed E-state index contributed by atoms with van der Waals surface area (Å²) in [5, 5.41) is 9.37. The van der Waals surface area contributed by atoms with Gasteiger partial charge in [-0.1, -0.05) is 55.8 Å². The number of aliphatic carboxylic acids is 1. The van der Waals surface area contributed by atoms with Crippen molar-refractivity contribution in [1.82, 2.24) is 0 Å². The Labute approximate surface area is 131 Å². The topological polar surface area (TPSA) is 46.5 Å². The minimum absolute atomic E-state index is 0.349. The van der Waals surface area contributed by atoms with Crippen LogP contribution < -0.4 is 4.74 Å². The van der Waals surface area contributed by atoms with E-state index in [9.17, 15) is 9.90 Å². The number of aryl methyl sites for hydroxylation is 1. The van der Waals surface area contributed by atoms with Crippen LogP contribution in [0.5, 0.6) is 5.75 Å². The highest BCUT2D eigenvalue weighted by atomic mass is 16.5. The van der Waals surface area contributed by atoms with Gasteiger partial charge in [0.1, 0.15) is 5.75 Å². The molecule has 0 saturated heterocycles. The summed E-state index contributed by atoms with van der Waals surface area (Å²) >= 11 is 0. The predicted molar refractivity (Wildman–Crippen MR) is 87.5 cm³/mol. The second kappa shape index (κ2) is 7.12. The molecule has 0 bridgehead atoms. The lowest BCUT2D eigenvalue weighted by molar-refractivity contribution is -0.145. The van der Waals surface area contributed by atoms with E-state index in [0.29, 0.717) is 18.1 Å². The maximum Gasteiger partial charge on any atom is 0.345 e. The maximum atomic E-state index is 11.4. The summed E-state index contributed by atoms with van der Waals surface area (Å²) in [6.07, 6.45) is -0.533. The first-order chi connectivity index (χ1) is 10.5. The third-order valence-corrected chi connectivity index (χ3v) is 3.64. The van der Waals surface area contributed by atoms with Gasteiger partial charge in [-0.25, -0.2) is 4.79 Å². The number of carbonyl (C=O) groups is 1. The van der Waals surface area contributed by atoms with Crippen molar-refractivity contribution < 1.29 is 14.6 Å². The molecule has 1 N–H and O–H groups in total. The average molecular weight is 298 g/mol. The van der Waals surface area contributed by atoms with E-state index in [0.717, 1.165) is 11.1 Å². The molecule has 3 heteroatoms. The molecule has 2 aromatic carbocycles. The second-order valence-electron chi connectivity index (χ2n) is 5.86. The van der Waals surface area contributed by atoms with Crippen LogP contribution >= 0.6 is 0 Å². The average Bonchev–Trinajstić information content (AvgIpc) is 2.49. The van der Waals surface area contributed by atoms with Gasteiger partial charge in [0.05, 0.1) is 0 Å². The van der Waals surface area contributed by atoms with Gasteiger partial charge in [0.15, 0.2) is 6.10 Å². The largest absolute Gasteiger partial charge is 0.478 e. The number of hydrogen-bond donors (Lipinski definition) is 1. The van der Waals surface area contributed by atoms with Gasteiger partial charge in [0.2, 0.25) is 0 Å². The Hall–Kier alpha value is -2.29. The number of rotatable bonds is 6. The molecule has 2 rings (SSSR count). The van der Waals surface area contributed by atoms with Crippen LogP contribution in [-0.2, 0) is 11.2 Å². The summed E-state index contributed by atoms with van der Waals surface area (Å²) < 4.78 is 5.61.